The molecule has 0 radical (unpaired) electrons. The Balaban J connectivity index is 2.12. The molecule has 0 bridgehead atoms. The Kier molecular flexibility index (Phi) is 4.56. The zero-order chi connectivity index (χ0) is 15.6. The van der Waals surface area contributed by atoms with E-state index in [1.54, 1.807) is 19.1 Å². The number of rotatable bonds is 6. The predicted molar refractivity (Wildman–Crippen MR) is 82.8 cm³/mol. The average molecular weight is 289 g/mol. The lowest BCUT2D eigenvalue weighted by Gasteiger charge is -2.17. The van der Waals surface area contributed by atoms with Crippen molar-refractivity contribution in [2.24, 2.45) is 5.92 Å². The number of amides is 1. The Morgan fingerprint density at radius 2 is 2.10 bits per heavy atom. The summed E-state index contributed by atoms with van der Waals surface area (Å²) in [5, 5.41) is 0. The third-order valence-electron chi connectivity index (χ3n) is 3.83. The van der Waals surface area contributed by atoms with Crippen molar-refractivity contribution < 1.29 is 14.3 Å². The predicted octanol–water partition coefficient (Wildman–Crippen LogP) is 2.84. The number of likely N-dealkylation sites (N-methyl/N-ethyl adjacent to an activating group) is 1. The first kappa shape index (κ1) is 15.4. The van der Waals surface area contributed by atoms with Crippen LogP contribution in [0.1, 0.15) is 24.8 Å². The fourth-order valence-electron chi connectivity index (χ4n) is 2.71. The number of ether oxygens (including phenoxy) is 2. The zero-order valence-electron chi connectivity index (χ0n) is 13.2. The molecule has 1 aliphatic carbocycles. The van der Waals surface area contributed by atoms with E-state index in [0.29, 0.717) is 6.54 Å². The van der Waals surface area contributed by atoms with Gasteiger partial charge in [-0.3, -0.25) is 4.79 Å². The second-order valence-electron chi connectivity index (χ2n) is 5.71. The van der Waals surface area contributed by atoms with Gasteiger partial charge in [0.25, 0.3) is 0 Å². The van der Waals surface area contributed by atoms with Crippen molar-refractivity contribution in [2.45, 2.75) is 19.3 Å². The maximum Gasteiger partial charge on any atom is 0.226 e. The third kappa shape index (κ3) is 3.38. The van der Waals surface area contributed by atoms with E-state index in [9.17, 15) is 4.79 Å². The van der Waals surface area contributed by atoms with Gasteiger partial charge in [-0.2, -0.15) is 0 Å². The van der Waals surface area contributed by atoms with Gasteiger partial charge in [0.05, 0.1) is 14.2 Å². The smallest absolute Gasteiger partial charge is 0.226 e. The number of hydrogen-bond acceptors (Lipinski definition) is 3. The van der Waals surface area contributed by atoms with Gasteiger partial charge < -0.3 is 14.4 Å². The molecular weight excluding hydrogens is 266 g/mol. The normalized spacial score (nSPS) is 19.8. The van der Waals surface area contributed by atoms with E-state index >= 15 is 0 Å². The minimum absolute atomic E-state index is 0.0374. The number of nitrogens with zero attached hydrogens (tertiary/aromatic N) is 1. The van der Waals surface area contributed by atoms with Gasteiger partial charge >= 0.3 is 0 Å². The molecule has 2 unspecified atom stereocenters. The van der Waals surface area contributed by atoms with E-state index in [0.717, 1.165) is 29.1 Å². The summed E-state index contributed by atoms with van der Waals surface area (Å²) in [6, 6.07) is 5.73. The molecule has 0 aliphatic heterocycles. The monoisotopic (exact) mass is 289 g/mol. The molecule has 1 saturated carbocycles. The highest BCUT2D eigenvalue weighted by Gasteiger charge is 2.46. The molecule has 0 N–H and O–H groups in total. The summed E-state index contributed by atoms with van der Waals surface area (Å²) in [6.45, 7) is 6.39. The molecule has 1 fully saturated rings. The van der Waals surface area contributed by atoms with Crippen LogP contribution < -0.4 is 9.47 Å². The largest absolute Gasteiger partial charge is 0.497 e. The number of carbonyl (C=O) groups excluding carboxylic acids is 1. The Morgan fingerprint density at radius 1 is 1.38 bits per heavy atom. The van der Waals surface area contributed by atoms with Gasteiger partial charge in [-0.15, -0.1) is 0 Å². The van der Waals surface area contributed by atoms with Crippen LogP contribution in [0.4, 0.5) is 0 Å². The molecule has 2 atom stereocenters. The quantitative estimate of drug-likeness (QED) is 0.756. The standard InChI is InChI=1S/C17H23NO3/c1-11(2)10-18(3)17(19)15-9-13(15)14-8-12(20-4)6-7-16(14)21-5/h6-8,13,15H,1,9-10H2,2-5H3. The molecule has 0 spiro atoms. The van der Waals surface area contributed by atoms with Crippen molar-refractivity contribution in [2.75, 3.05) is 27.8 Å². The van der Waals surface area contributed by atoms with Crippen molar-refractivity contribution in [3.63, 3.8) is 0 Å². The summed E-state index contributed by atoms with van der Waals surface area (Å²) >= 11 is 0. The van der Waals surface area contributed by atoms with E-state index < -0.39 is 0 Å². The van der Waals surface area contributed by atoms with Crippen LogP contribution in [-0.2, 0) is 4.79 Å². The Hall–Kier alpha value is -1.97. The lowest BCUT2D eigenvalue weighted by molar-refractivity contribution is -0.130. The van der Waals surface area contributed by atoms with E-state index in [1.807, 2.05) is 32.2 Å². The highest BCUT2D eigenvalue weighted by molar-refractivity contribution is 5.83. The van der Waals surface area contributed by atoms with Gasteiger partial charge in [0.2, 0.25) is 5.91 Å². The molecule has 2 rings (SSSR count). The molecule has 1 amide bonds. The highest BCUT2D eigenvalue weighted by atomic mass is 16.5. The summed E-state index contributed by atoms with van der Waals surface area (Å²) in [7, 11) is 5.12. The second-order valence-corrected chi connectivity index (χ2v) is 5.71. The molecular formula is C17H23NO3. The van der Waals surface area contributed by atoms with Gasteiger partial charge in [0, 0.05) is 31.0 Å². The Morgan fingerprint density at radius 3 is 2.67 bits per heavy atom. The first-order valence-corrected chi connectivity index (χ1v) is 7.09. The first-order chi connectivity index (χ1) is 9.97. The van der Waals surface area contributed by atoms with E-state index in [1.165, 1.54) is 0 Å². The van der Waals surface area contributed by atoms with Crippen molar-refractivity contribution >= 4 is 5.91 Å². The van der Waals surface area contributed by atoms with Crippen LogP contribution in [0.25, 0.3) is 0 Å². The minimum Gasteiger partial charge on any atom is -0.497 e. The summed E-state index contributed by atoms with van der Waals surface area (Å²) < 4.78 is 10.7. The fraction of sp³-hybridized carbons (Fsp3) is 0.471. The van der Waals surface area contributed by atoms with Crippen molar-refractivity contribution in [3.05, 3.63) is 35.9 Å². The summed E-state index contributed by atoms with van der Waals surface area (Å²) in [6.07, 6.45) is 0.864. The van der Waals surface area contributed by atoms with Gasteiger partial charge in [-0.1, -0.05) is 12.2 Å². The average Bonchev–Trinajstić information content (AvgIpc) is 3.25. The van der Waals surface area contributed by atoms with Gasteiger partial charge in [0.15, 0.2) is 0 Å². The topological polar surface area (TPSA) is 38.8 Å². The van der Waals surface area contributed by atoms with Crippen molar-refractivity contribution in [1.82, 2.24) is 4.90 Å². The molecule has 4 nitrogen and oxygen atoms in total. The molecule has 1 aliphatic rings. The van der Waals surface area contributed by atoms with Gasteiger partial charge in [-0.25, -0.2) is 0 Å². The van der Waals surface area contributed by atoms with Crippen LogP contribution >= 0.6 is 0 Å². The number of hydrogen-bond donors (Lipinski definition) is 0. The van der Waals surface area contributed by atoms with Crippen LogP contribution in [0.2, 0.25) is 0 Å². The van der Waals surface area contributed by atoms with Crippen LogP contribution in [-0.4, -0.2) is 38.6 Å². The van der Waals surface area contributed by atoms with Crippen molar-refractivity contribution in [3.8, 4) is 11.5 Å². The summed E-state index contributed by atoms with van der Waals surface area (Å²) in [5.74, 6) is 2.04. The van der Waals surface area contributed by atoms with Crippen LogP contribution in [0.5, 0.6) is 11.5 Å². The number of carbonyl (C=O) groups is 1. The highest BCUT2D eigenvalue weighted by Crippen LogP contribution is 2.51. The Labute approximate surface area is 126 Å². The molecule has 0 aromatic heterocycles. The molecule has 1 aromatic rings. The van der Waals surface area contributed by atoms with Crippen LogP contribution in [0.15, 0.2) is 30.4 Å². The minimum atomic E-state index is 0.0374. The maximum atomic E-state index is 12.4. The van der Waals surface area contributed by atoms with Gasteiger partial charge in [-0.05, 0) is 31.5 Å². The maximum absolute atomic E-state index is 12.4. The molecule has 4 heteroatoms. The summed E-state index contributed by atoms with van der Waals surface area (Å²) in [5.41, 5.74) is 2.04. The molecule has 114 valence electrons. The molecule has 0 heterocycles. The number of benzene rings is 1. The Bertz CT molecular complexity index is 553. The summed E-state index contributed by atoms with van der Waals surface area (Å²) in [4.78, 5) is 14.1. The van der Waals surface area contributed by atoms with Gasteiger partial charge in [0.1, 0.15) is 11.5 Å². The molecule has 0 saturated heterocycles. The molecule has 21 heavy (non-hydrogen) atoms. The molecule has 1 aromatic carbocycles. The van der Waals surface area contributed by atoms with E-state index in [4.69, 9.17) is 9.47 Å². The van der Waals surface area contributed by atoms with Crippen LogP contribution in [0, 0.1) is 5.92 Å². The lowest BCUT2D eigenvalue weighted by Crippen LogP contribution is -2.29. The lowest BCUT2D eigenvalue weighted by atomic mass is 10.1. The second kappa shape index (κ2) is 6.20. The first-order valence-electron chi connectivity index (χ1n) is 7.09. The SMILES string of the molecule is C=C(C)CN(C)C(=O)C1CC1c1cc(OC)ccc1OC. The van der Waals surface area contributed by atoms with Crippen molar-refractivity contribution in [1.29, 1.82) is 0 Å². The zero-order valence-corrected chi connectivity index (χ0v) is 13.2. The van der Waals surface area contributed by atoms with E-state index in [2.05, 4.69) is 6.58 Å². The third-order valence-corrected chi connectivity index (χ3v) is 3.83. The van der Waals surface area contributed by atoms with E-state index in [-0.39, 0.29) is 17.7 Å². The number of methoxy groups -OCH3 is 2. The fourth-order valence-corrected chi connectivity index (χ4v) is 2.71. The van der Waals surface area contributed by atoms with Crippen LogP contribution in [0.3, 0.4) is 0 Å².